The zero-order valence-electron chi connectivity index (χ0n) is 9.16. The summed E-state index contributed by atoms with van der Waals surface area (Å²) >= 11 is 6.15. The summed E-state index contributed by atoms with van der Waals surface area (Å²) in [5.41, 5.74) is 2.80. The zero-order chi connectivity index (χ0) is 11.5. The van der Waals surface area contributed by atoms with E-state index in [0.29, 0.717) is 11.0 Å². The number of hydrogen-bond donors (Lipinski definition) is 1. The fourth-order valence-electron chi connectivity index (χ4n) is 1.49. The van der Waals surface area contributed by atoms with Gasteiger partial charge in [0.15, 0.2) is 0 Å². The van der Waals surface area contributed by atoms with E-state index in [2.05, 4.69) is 15.3 Å². The minimum Gasteiger partial charge on any atom is -0.357 e. The largest absolute Gasteiger partial charge is 0.357 e. The quantitative estimate of drug-likeness (QED) is 0.866. The molecule has 2 aromatic rings. The third-order valence-electron chi connectivity index (χ3n) is 2.32. The molecule has 1 aromatic heterocycles. The van der Waals surface area contributed by atoms with E-state index in [1.54, 1.807) is 13.2 Å². The molecule has 0 amide bonds. The first-order chi connectivity index (χ1) is 7.72. The molecule has 0 saturated heterocycles. The van der Waals surface area contributed by atoms with Gasteiger partial charge >= 0.3 is 0 Å². The van der Waals surface area contributed by atoms with Gasteiger partial charge in [0.2, 0.25) is 5.95 Å². The number of benzene rings is 1. The summed E-state index contributed by atoms with van der Waals surface area (Å²) in [6, 6.07) is 7.66. The second kappa shape index (κ2) is 4.49. The Bertz CT molecular complexity index is 511. The average molecular weight is 234 g/mol. The summed E-state index contributed by atoms with van der Waals surface area (Å²) in [6.07, 6.45) is 1.79. The Hall–Kier alpha value is -1.61. The Labute approximate surface area is 99.5 Å². The van der Waals surface area contributed by atoms with Crippen molar-refractivity contribution in [3.63, 3.8) is 0 Å². The topological polar surface area (TPSA) is 37.8 Å². The molecule has 1 N–H and O–H groups in total. The van der Waals surface area contributed by atoms with Gasteiger partial charge in [0.05, 0.1) is 5.69 Å². The van der Waals surface area contributed by atoms with Gasteiger partial charge in [0.1, 0.15) is 0 Å². The molecule has 4 heteroatoms. The van der Waals surface area contributed by atoms with E-state index < -0.39 is 0 Å². The molecule has 0 bridgehead atoms. The third-order valence-corrected chi connectivity index (χ3v) is 2.65. The van der Waals surface area contributed by atoms with Gasteiger partial charge in [-0.3, -0.25) is 0 Å². The van der Waals surface area contributed by atoms with Crippen LogP contribution in [0.1, 0.15) is 5.56 Å². The molecule has 0 aliphatic heterocycles. The van der Waals surface area contributed by atoms with E-state index in [-0.39, 0.29) is 0 Å². The van der Waals surface area contributed by atoms with Crippen molar-refractivity contribution in [1.82, 2.24) is 9.97 Å². The van der Waals surface area contributed by atoms with Crippen LogP contribution >= 0.6 is 11.6 Å². The molecule has 0 aliphatic rings. The molecule has 1 aromatic carbocycles. The van der Waals surface area contributed by atoms with Crippen molar-refractivity contribution in [2.75, 3.05) is 12.4 Å². The molecule has 16 heavy (non-hydrogen) atoms. The fraction of sp³-hybridized carbons (Fsp3) is 0.167. The normalized spacial score (nSPS) is 10.2. The second-order valence-corrected chi connectivity index (χ2v) is 3.86. The van der Waals surface area contributed by atoms with Crippen LogP contribution in [0.5, 0.6) is 0 Å². The molecule has 3 nitrogen and oxygen atoms in total. The fourth-order valence-corrected chi connectivity index (χ4v) is 1.71. The summed E-state index contributed by atoms with van der Waals surface area (Å²) in [6.45, 7) is 1.97. The number of aromatic nitrogens is 2. The van der Waals surface area contributed by atoms with Gasteiger partial charge in [0, 0.05) is 23.8 Å². The van der Waals surface area contributed by atoms with Crippen molar-refractivity contribution in [3.05, 3.63) is 41.0 Å². The Morgan fingerprint density at radius 3 is 2.69 bits per heavy atom. The molecular weight excluding hydrogens is 222 g/mol. The number of nitrogens with zero attached hydrogens (tertiary/aromatic N) is 2. The van der Waals surface area contributed by atoms with Gasteiger partial charge in [-0.25, -0.2) is 9.97 Å². The molecule has 0 saturated carbocycles. The monoisotopic (exact) mass is 233 g/mol. The number of hydrogen-bond acceptors (Lipinski definition) is 3. The first kappa shape index (κ1) is 10.9. The van der Waals surface area contributed by atoms with Crippen molar-refractivity contribution < 1.29 is 0 Å². The second-order valence-electron chi connectivity index (χ2n) is 3.46. The lowest BCUT2D eigenvalue weighted by atomic mass is 10.1. The highest BCUT2D eigenvalue weighted by atomic mass is 35.5. The van der Waals surface area contributed by atoms with E-state index in [1.807, 2.05) is 31.2 Å². The lowest BCUT2D eigenvalue weighted by Gasteiger charge is -2.08. The van der Waals surface area contributed by atoms with Crippen LogP contribution < -0.4 is 5.32 Å². The predicted octanol–water partition coefficient (Wildman–Crippen LogP) is 3.15. The highest BCUT2D eigenvalue weighted by Crippen LogP contribution is 2.28. The number of rotatable bonds is 2. The molecule has 0 spiro atoms. The van der Waals surface area contributed by atoms with Gasteiger partial charge in [0.25, 0.3) is 0 Å². The maximum atomic E-state index is 6.15. The van der Waals surface area contributed by atoms with Crippen LogP contribution in [0, 0.1) is 6.92 Å². The van der Waals surface area contributed by atoms with Crippen molar-refractivity contribution >= 4 is 17.5 Å². The summed E-state index contributed by atoms with van der Waals surface area (Å²) in [5.74, 6) is 0.598. The Morgan fingerprint density at radius 2 is 2.00 bits per heavy atom. The van der Waals surface area contributed by atoms with Crippen molar-refractivity contribution in [3.8, 4) is 11.3 Å². The van der Waals surface area contributed by atoms with Gasteiger partial charge in [-0.05, 0) is 18.6 Å². The van der Waals surface area contributed by atoms with Crippen LogP contribution in [0.2, 0.25) is 5.02 Å². The third kappa shape index (κ3) is 1.99. The van der Waals surface area contributed by atoms with Crippen LogP contribution in [0.15, 0.2) is 30.5 Å². The maximum absolute atomic E-state index is 6.15. The van der Waals surface area contributed by atoms with Crippen LogP contribution in [0.4, 0.5) is 5.95 Å². The highest BCUT2D eigenvalue weighted by molar-refractivity contribution is 6.33. The van der Waals surface area contributed by atoms with Gasteiger partial charge in [-0.1, -0.05) is 29.8 Å². The summed E-state index contributed by atoms with van der Waals surface area (Å²) in [5, 5.41) is 3.62. The van der Waals surface area contributed by atoms with Crippen LogP contribution in [0.3, 0.4) is 0 Å². The molecule has 0 atom stereocenters. The van der Waals surface area contributed by atoms with E-state index in [4.69, 9.17) is 11.6 Å². The molecule has 0 aliphatic carbocycles. The van der Waals surface area contributed by atoms with Crippen molar-refractivity contribution in [2.45, 2.75) is 6.92 Å². The van der Waals surface area contributed by atoms with Crippen molar-refractivity contribution in [1.29, 1.82) is 0 Å². The molecule has 2 rings (SSSR count). The number of anilines is 1. The molecule has 0 fully saturated rings. The van der Waals surface area contributed by atoms with Crippen LogP contribution in [0.25, 0.3) is 11.3 Å². The maximum Gasteiger partial charge on any atom is 0.222 e. The summed E-state index contributed by atoms with van der Waals surface area (Å²) < 4.78 is 0. The van der Waals surface area contributed by atoms with Gasteiger partial charge < -0.3 is 5.32 Å². The van der Waals surface area contributed by atoms with E-state index in [9.17, 15) is 0 Å². The first-order valence-corrected chi connectivity index (χ1v) is 5.36. The SMILES string of the molecule is CNc1ncc(C)c(-c2ccccc2Cl)n1. The molecule has 0 radical (unpaired) electrons. The number of halogens is 1. The molecule has 0 unspecified atom stereocenters. The zero-order valence-corrected chi connectivity index (χ0v) is 9.92. The standard InChI is InChI=1S/C12H12ClN3/c1-8-7-15-12(14-2)16-11(8)9-5-3-4-6-10(9)13/h3-7H,1-2H3,(H,14,15,16). The Kier molecular flexibility index (Phi) is 3.06. The summed E-state index contributed by atoms with van der Waals surface area (Å²) in [4.78, 5) is 8.56. The first-order valence-electron chi connectivity index (χ1n) is 4.98. The van der Waals surface area contributed by atoms with Gasteiger partial charge in [-0.15, -0.1) is 0 Å². The lowest BCUT2D eigenvalue weighted by molar-refractivity contribution is 1.12. The van der Waals surface area contributed by atoms with Gasteiger partial charge in [-0.2, -0.15) is 0 Å². The van der Waals surface area contributed by atoms with E-state index >= 15 is 0 Å². The average Bonchev–Trinajstić information content (AvgIpc) is 2.31. The smallest absolute Gasteiger partial charge is 0.222 e. The van der Waals surface area contributed by atoms with Crippen LogP contribution in [-0.2, 0) is 0 Å². The minimum absolute atomic E-state index is 0.598. The lowest BCUT2D eigenvalue weighted by Crippen LogP contribution is -1.99. The molecule has 82 valence electrons. The van der Waals surface area contributed by atoms with E-state index in [1.165, 1.54) is 0 Å². The summed E-state index contributed by atoms with van der Waals surface area (Å²) in [7, 11) is 1.79. The molecular formula is C12H12ClN3. The van der Waals surface area contributed by atoms with Crippen LogP contribution in [-0.4, -0.2) is 17.0 Å². The highest BCUT2D eigenvalue weighted by Gasteiger charge is 2.08. The Morgan fingerprint density at radius 1 is 1.25 bits per heavy atom. The van der Waals surface area contributed by atoms with Crippen molar-refractivity contribution in [2.24, 2.45) is 0 Å². The number of nitrogens with one attached hydrogen (secondary N) is 1. The van der Waals surface area contributed by atoms with E-state index in [0.717, 1.165) is 16.8 Å². The Balaban J connectivity index is 2.59. The minimum atomic E-state index is 0.598. The number of aryl methyl sites for hydroxylation is 1. The predicted molar refractivity (Wildman–Crippen MR) is 66.8 cm³/mol. The molecule has 1 heterocycles.